The first kappa shape index (κ1) is 18.7. The predicted octanol–water partition coefficient (Wildman–Crippen LogP) is 4.65. The highest BCUT2D eigenvalue weighted by Crippen LogP contribution is 2.32. The number of carbonyl (C=O) groups excluding carboxylic acids is 1. The molecule has 26 heavy (non-hydrogen) atoms. The van der Waals surface area contributed by atoms with Crippen molar-refractivity contribution in [2.24, 2.45) is 0 Å². The van der Waals surface area contributed by atoms with E-state index >= 15 is 0 Å². The number of nitrogens with zero attached hydrogens (tertiary/aromatic N) is 1. The molecule has 1 fully saturated rings. The summed E-state index contributed by atoms with van der Waals surface area (Å²) in [6.45, 7) is 1.59. The summed E-state index contributed by atoms with van der Waals surface area (Å²) in [5.74, 6) is 0.261. The maximum absolute atomic E-state index is 13.1. The molecule has 0 aromatic heterocycles. The zero-order valence-corrected chi connectivity index (χ0v) is 15.4. The van der Waals surface area contributed by atoms with E-state index in [0.717, 1.165) is 24.9 Å². The normalized spacial score (nSPS) is 17.3. The molecule has 1 N–H and O–H groups in total. The molecule has 1 atom stereocenters. The smallest absolute Gasteiger partial charge is 0.225 e. The SMILES string of the molecule is COc1ccc(Cl)cc1NC(=O)CCN1CCCC1c1ccc(F)cc1. The molecule has 138 valence electrons. The number of benzene rings is 2. The molecule has 1 unspecified atom stereocenters. The first-order valence-corrected chi connectivity index (χ1v) is 9.07. The number of rotatable bonds is 6. The number of carbonyl (C=O) groups is 1. The van der Waals surface area contributed by atoms with Crippen LogP contribution in [0.4, 0.5) is 10.1 Å². The molecule has 0 saturated carbocycles. The number of nitrogens with one attached hydrogen (secondary N) is 1. The quantitative estimate of drug-likeness (QED) is 0.797. The molecule has 1 heterocycles. The van der Waals surface area contributed by atoms with Crippen molar-refractivity contribution in [2.75, 3.05) is 25.5 Å². The lowest BCUT2D eigenvalue weighted by atomic mass is 10.0. The van der Waals surface area contributed by atoms with Gasteiger partial charge in [-0.25, -0.2) is 4.39 Å². The van der Waals surface area contributed by atoms with Gasteiger partial charge < -0.3 is 10.1 Å². The lowest BCUT2D eigenvalue weighted by Gasteiger charge is -2.24. The lowest BCUT2D eigenvalue weighted by Crippen LogP contribution is -2.27. The Morgan fingerprint density at radius 1 is 1.31 bits per heavy atom. The van der Waals surface area contributed by atoms with Crippen LogP contribution in [0.3, 0.4) is 0 Å². The van der Waals surface area contributed by atoms with Crippen LogP contribution in [0.2, 0.25) is 5.02 Å². The van der Waals surface area contributed by atoms with Gasteiger partial charge in [-0.2, -0.15) is 0 Å². The topological polar surface area (TPSA) is 41.6 Å². The van der Waals surface area contributed by atoms with Gasteiger partial charge in [0.1, 0.15) is 11.6 Å². The second-order valence-electron chi connectivity index (χ2n) is 6.39. The summed E-state index contributed by atoms with van der Waals surface area (Å²) >= 11 is 5.99. The van der Waals surface area contributed by atoms with Crippen LogP contribution in [0.15, 0.2) is 42.5 Å². The Balaban J connectivity index is 1.58. The molecule has 0 radical (unpaired) electrons. The van der Waals surface area contributed by atoms with Crippen LogP contribution in [0.25, 0.3) is 0 Å². The maximum Gasteiger partial charge on any atom is 0.225 e. The third-order valence-electron chi connectivity index (χ3n) is 4.68. The van der Waals surface area contributed by atoms with Crippen LogP contribution >= 0.6 is 11.6 Å². The van der Waals surface area contributed by atoms with E-state index in [1.54, 1.807) is 25.3 Å². The molecule has 1 aliphatic rings. The highest BCUT2D eigenvalue weighted by Gasteiger charge is 2.26. The standard InChI is InChI=1S/C20H22ClFN2O2/c1-26-19-9-6-15(21)13-17(19)23-20(25)10-12-24-11-2-3-18(24)14-4-7-16(22)8-5-14/h4-9,13,18H,2-3,10-12H2,1H3,(H,23,25). The fourth-order valence-electron chi connectivity index (χ4n) is 3.39. The molecule has 2 aromatic carbocycles. The number of halogens is 2. The zero-order valence-electron chi connectivity index (χ0n) is 14.7. The van der Waals surface area contributed by atoms with Crippen molar-refractivity contribution < 1.29 is 13.9 Å². The average molecular weight is 377 g/mol. The summed E-state index contributed by atoms with van der Waals surface area (Å²) in [4.78, 5) is 14.6. The van der Waals surface area contributed by atoms with Gasteiger partial charge in [-0.1, -0.05) is 23.7 Å². The molecule has 3 rings (SSSR count). The van der Waals surface area contributed by atoms with Gasteiger partial charge in [-0.05, 0) is 55.3 Å². The fraction of sp³-hybridized carbons (Fsp3) is 0.350. The lowest BCUT2D eigenvalue weighted by molar-refractivity contribution is -0.116. The number of likely N-dealkylation sites (tertiary alicyclic amines) is 1. The van der Waals surface area contributed by atoms with Gasteiger partial charge in [0.25, 0.3) is 0 Å². The van der Waals surface area contributed by atoms with Gasteiger partial charge in [-0.15, -0.1) is 0 Å². The Kier molecular flexibility index (Phi) is 6.12. The second kappa shape index (κ2) is 8.52. The van der Waals surface area contributed by atoms with Gasteiger partial charge in [0.05, 0.1) is 12.8 Å². The van der Waals surface area contributed by atoms with Crippen LogP contribution in [0, 0.1) is 5.82 Å². The van der Waals surface area contributed by atoms with E-state index in [2.05, 4.69) is 10.2 Å². The van der Waals surface area contributed by atoms with Gasteiger partial charge in [0.15, 0.2) is 0 Å². The Labute approximate surface area is 157 Å². The fourth-order valence-corrected chi connectivity index (χ4v) is 3.56. The van der Waals surface area contributed by atoms with Crippen molar-refractivity contribution in [3.05, 3.63) is 58.9 Å². The molecule has 0 aliphatic carbocycles. The summed E-state index contributed by atoms with van der Waals surface area (Å²) in [5.41, 5.74) is 1.67. The minimum absolute atomic E-state index is 0.0877. The van der Waals surface area contributed by atoms with Crippen LogP contribution in [0.1, 0.15) is 30.9 Å². The van der Waals surface area contributed by atoms with E-state index in [4.69, 9.17) is 16.3 Å². The number of anilines is 1. The van der Waals surface area contributed by atoms with Crippen molar-refractivity contribution in [3.63, 3.8) is 0 Å². The number of methoxy groups -OCH3 is 1. The van der Waals surface area contributed by atoms with Crippen LogP contribution < -0.4 is 10.1 Å². The van der Waals surface area contributed by atoms with E-state index < -0.39 is 0 Å². The molecule has 1 amide bonds. The van der Waals surface area contributed by atoms with E-state index in [1.165, 1.54) is 12.1 Å². The van der Waals surface area contributed by atoms with Crippen molar-refractivity contribution in [3.8, 4) is 5.75 Å². The van der Waals surface area contributed by atoms with Gasteiger partial charge in [0, 0.05) is 24.0 Å². The molecule has 0 spiro atoms. The molecular formula is C20H22ClFN2O2. The maximum atomic E-state index is 13.1. The molecule has 4 nitrogen and oxygen atoms in total. The second-order valence-corrected chi connectivity index (χ2v) is 6.82. The Hall–Kier alpha value is -2.11. The van der Waals surface area contributed by atoms with Crippen molar-refractivity contribution in [1.29, 1.82) is 0 Å². The number of hydrogen-bond donors (Lipinski definition) is 1. The molecular weight excluding hydrogens is 355 g/mol. The highest BCUT2D eigenvalue weighted by atomic mass is 35.5. The zero-order chi connectivity index (χ0) is 18.5. The third kappa shape index (κ3) is 4.54. The third-order valence-corrected chi connectivity index (χ3v) is 4.92. The largest absolute Gasteiger partial charge is 0.495 e. The first-order valence-electron chi connectivity index (χ1n) is 8.69. The number of amides is 1. The monoisotopic (exact) mass is 376 g/mol. The highest BCUT2D eigenvalue weighted by molar-refractivity contribution is 6.31. The van der Waals surface area contributed by atoms with Crippen molar-refractivity contribution >= 4 is 23.2 Å². The molecule has 0 bridgehead atoms. The van der Waals surface area contributed by atoms with E-state index in [9.17, 15) is 9.18 Å². The summed E-state index contributed by atoms with van der Waals surface area (Å²) in [5, 5.41) is 3.40. The van der Waals surface area contributed by atoms with E-state index in [-0.39, 0.29) is 17.8 Å². The first-order chi connectivity index (χ1) is 12.6. The summed E-state index contributed by atoms with van der Waals surface area (Å²) in [7, 11) is 1.55. The molecule has 1 saturated heterocycles. The predicted molar refractivity (Wildman–Crippen MR) is 101 cm³/mol. The van der Waals surface area contributed by atoms with Crippen LogP contribution in [0.5, 0.6) is 5.75 Å². The molecule has 2 aromatic rings. The Morgan fingerprint density at radius 3 is 2.81 bits per heavy atom. The van der Waals surface area contributed by atoms with E-state index in [0.29, 0.717) is 29.4 Å². The Bertz CT molecular complexity index is 767. The van der Waals surface area contributed by atoms with Gasteiger partial charge in [0.2, 0.25) is 5.91 Å². The number of hydrogen-bond acceptors (Lipinski definition) is 3. The van der Waals surface area contributed by atoms with Crippen LogP contribution in [-0.4, -0.2) is 31.0 Å². The molecule has 6 heteroatoms. The van der Waals surface area contributed by atoms with Gasteiger partial charge in [-0.3, -0.25) is 9.69 Å². The Morgan fingerprint density at radius 2 is 2.08 bits per heavy atom. The van der Waals surface area contributed by atoms with Gasteiger partial charge >= 0.3 is 0 Å². The summed E-state index contributed by atoms with van der Waals surface area (Å²) in [6, 6.07) is 12.0. The molecule has 1 aliphatic heterocycles. The minimum atomic E-state index is -0.229. The summed E-state index contributed by atoms with van der Waals surface area (Å²) in [6.07, 6.45) is 2.47. The van der Waals surface area contributed by atoms with Crippen molar-refractivity contribution in [2.45, 2.75) is 25.3 Å². The van der Waals surface area contributed by atoms with Crippen LogP contribution in [-0.2, 0) is 4.79 Å². The minimum Gasteiger partial charge on any atom is -0.495 e. The van der Waals surface area contributed by atoms with E-state index in [1.807, 2.05) is 12.1 Å². The number of ether oxygens (including phenoxy) is 1. The average Bonchev–Trinajstić information content (AvgIpc) is 3.09. The summed E-state index contributed by atoms with van der Waals surface area (Å²) < 4.78 is 18.4. The van der Waals surface area contributed by atoms with Crippen molar-refractivity contribution in [1.82, 2.24) is 4.90 Å².